The van der Waals surface area contributed by atoms with E-state index in [0.717, 1.165) is 29.8 Å². The molecule has 0 spiro atoms. The van der Waals surface area contributed by atoms with Crippen LogP contribution in [0.1, 0.15) is 63.4 Å². The lowest BCUT2D eigenvalue weighted by Crippen LogP contribution is -2.39. The predicted octanol–water partition coefficient (Wildman–Crippen LogP) is 4.54. The van der Waals surface area contributed by atoms with Crippen molar-refractivity contribution in [1.29, 1.82) is 0 Å². The fraction of sp³-hybridized carbons (Fsp3) is 0.444. The van der Waals surface area contributed by atoms with E-state index in [4.69, 9.17) is 9.47 Å². The predicted molar refractivity (Wildman–Crippen MR) is 127 cm³/mol. The fourth-order valence-corrected chi connectivity index (χ4v) is 5.27. The Labute approximate surface area is 199 Å². The van der Waals surface area contributed by atoms with Crippen molar-refractivity contribution in [3.63, 3.8) is 0 Å². The molecule has 34 heavy (non-hydrogen) atoms. The van der Waals surface area contributed by atoms with Crippen molar-refractivity contribution >= 4 is 17.5 Å². The number of carboxylic acid groups (broad SMARTS) is 1. The number of carboxylic acids is 1. The summed E-state index contributed by atoms with van der Waals surface area (Å²) in [5.41, 5.74) is 3.83. The van der Waals surface area contributed by atoms with Crippen LogP contribution in [0.5, 0.6) is 11.5 Å². The number of aliphatic carboxylic acids is 1. The lowest BCUT2D eigenvalue weighted by molar-refractivity contribution is -0.137. The van der Waals surface area contributed by atoms with Crippen molar-refractivity contribution in [2.24, 2.45) is 0 Å². The number of allylic oxidation sites excluding steroid dienone is 4. The van der Waals surface area contributed by atoms with E-state index >= 15 is 0 Å². The second-order valence-electron chi connectivity index (χ2n) is 8.74. The van der Waals surface area contributed by atoms with Crippen LogP contribution in [0.2, 0.25) is 0 Å². The van der Waals surface area contributed by atoms with E-state index in [9.17, 15) is 19.5 Å². The van der Waals surface area contributed by atoms with Gasteiger partial charge in [0.15, 0.2) is 23.1 Å². The Bertz CT molecular complexity index is 1040. The van der Waals surface area contributed by atoms with Gasteiger partial charge in [0, 0.05) is 47.8 Å². The molecule has 4 rings (SSSR count). The molecule has 0 amide bonds. The van der Waals surface area contributed by atoms with Crippen LogP contribution in [-0.2, 0) is 14.4 Å². The molecule has 1 aromatic rings. The van der Waals surface area contributed by atoms with Crippen molar-refractivity contribution < 1.29 is 29.0 Å². The number of hydrogen-bond donors (Lipinski definition) is 1. The Hall–Kier alpha value is -3.35. The zero-order valence-corrected chi connectivity index (χ0v) is 19.6. The van der Waals surface area contributed by atoms with Crippen LogP contribution in [0, 0.1) is 0 Å². The Morgan fingerprint density at radius 1 is 1.06 bits per heavy atom. The molecular formula is C27H31NO6. The first-order valence-electron chi connectivity index (χ1n) is 12.0. The Balaban J connectivity index is 1.87. The normalized spacial score (nSPS) is 18.6. The maximum atomic E-state index is 13.3. The van der Waals surface area contributed by atoms with E-state index < -0.39 is 11.9 Å². The molecule has 1 N–H and O–H groups in total. The molecule has 7 heteroatoms. The first-order valence-corrected chi connectivity index (χ1v) is 12.0. The Kier molecular flexibility index (Phi) is 7.20. The van der Waals surface area contributed by atoms with Gasteiger partial charge in [-0.1, -0.05) is 18.7 Å². The molecule has 0 aromatic heterocycles. The third-order valence-electron chi connectivity index (χ3n) is 6.59. The third kappa shape index (κ3) is 4.52. The highest BCUT2D eigenvalue weighted by atomic mass is 16.5. The van der Waals surface area contributed by atoms with Gasteiger partial charge < -0.3 is 19.5 Å². The van der Waals surface area contributed by atoms with Crippen LogP contribution < -0.4 is 9.47 Å². The minimum atomic E-state index is -0.896. The molecular weight excluding hydrogens is 434 g/mol. The highest BCUT2D eigenvalue weighted by Gasteiger charge is 2.43. The number of ether oxygens (including phenoxy) is 2. The van der Waals surface area contributed by atoms with Gasteiger partial charge >= 0.3 is 5.97 Å². The van der Waals surface area contributed by atoms with Gasteiger partial charge in [0.25, 0.3) is 0 Å². The standard InChI is InChI=1S/C27H31NO6/c1-3-15-34-22-12-11-17(16-23(22)33-4-2)25-26-18(7-5-9-20(26)29)28(14-13-24(31)32)19-8-6-10-21(30)27(19)25/h3,11-12,16,25H,1,4-10,13-15H2,2H3,(H,31,32). The molecule has 0 saturated carbocycles. The molecule has 0 saturated heterocycles. The van der Waals surface area contributed by atoms with Crippen molar-refractivity contribution in [3.05, 3.63) is 59.0 Å². The number of benzene rings is 1. The highest BCUT2D eigenvalue weighted by molar-refractivity contribution is 6.06. The summed E-state index contributed by atoms with van der Waals surface area (Å²) in [6.07, 6.45) is 5.31. The largest absolute Gasteiger partial charge is 0.490 e. The molecule has 1 aliphatic heterocycles. The first-order chi connectivity index (χ1) is 16.5. The summed E-state index contributed by atoms with van der Waals surface area (Å²) in [6, 6.07) is 5.59. The average molecular weight is 466 g/mol. The summed E-state index contributed by atoms with van der Waals surface area (Å²) in [4.78, 5) is 39.9. The quantitative estimate of drug-likeness (QED) is 0.535. The van der Waals surface area contributed by atoms with Gasteiger partial charge in [-0.25, -0.2) is 0 Å². The molecule has 0 fully saturated rings. The van der Waals surface area contributed by atoms with Crippen molar-refractivity contribution in [1.82, 2.24) is 4.90 Å². The highest BCUT2D eigenvalue weighted by Crippen LogP contribution is 2.50. The Morgan fingerprint density at radius 2 is 1.71 bits per heavy atom. The number of rotatable bonds is 9. The monoisotopic (exact) mass is 465 g/mol. The van der Waals surface area contributed by atoms with Crippen LogP contribution in [0.4, 0.5) is 0 Å². The van der Waals surface area contributed by atoms with Gasteiger partial charge in [-0.05, 0) is 50.3 Å². The van der Waals surface area contributed by atoms with E-state index in [1.54, 1.807) is 6.08 Å². The van der Waals surface area contributed by atoms with E-state index in [0.29, 0.717) is 61.5 Å². The number of carbonyl (C=O) groups excluding carboxylic acids is 2. The molecule has 0 atom stereocenters. The number of carbonyl (C=O) groups is 3. The van der Waals surface area contributed by atoms with Crippen molar-refractivity contribution in [2.75, 3.05) is 19.8 Å². The molecule has 0 bridgehead atoms. The van der Waals surface area contributed by atoms with E-state index in [-0.39, 0.29) is 24.5 Å². The summed E-state index contributed by atoms with van der Waals surface area (Å²) >= 11 is 0. The van der Waals surface area contributed by atoms with Crippen LogP contribution in [-0.4, -0.2) is 47.3 Å². The molecule has 1 aromatic carbocycles. The second-order valence-corrected chi connectivity index (χ2v) is 8.74. The minimum Gasteiger partial charge on any atom is -0.490 e. The Morgan fingerprint density at radius 3 is 2.26 bits per heavy atom. The van der Waals surface area contributed by atoms with E-state index in [1.165, 1.54) is 0 Å². The third-order valence-corrected chi connectivity index (χ3v) is 6.59. The summed E-state index contributed by atoms with van der Waals surface area (Å²) in [7, 11) is 0. The molecule has 0 unspecified atom stereocenters. The maximum Gasteiger partial charge on any atom is 0.305 e. The lowest BCUT2D eigenvalue weighted by Gasteiger charge is -2.44. The van der Waals surface area contributed by atoms with Crippen molar-refractivity contribution in [3.8, 4) is 11.5 Å². The van der Waals surface area contributed by atoms with Gasteiger partial charge in [-0.3, -0.25) is 14.4 Å². The fourth-order valence-electron chi connectivity index (χ4n) is 5.27. The molecule has 7 nitrogen and oxygen atoms in total. The van der Waals surface area contributed by atoms with Gasteiger partial charge in [-0.15, -0.1) is 0 Å². The smallest absolute Gasteiger partial charge is 0.305 e. The zero-order chi connectivity index (χ0) is 24.2. The van der Waals surface area contributed by atoms with E-state index in [1.807, 2.05) is 30.0 Å². The number of hydrogen-bond acceptors (Lipinski definition) is 6. The topological polar surface area (TPSA) is 93.1 Å². The van der Waals surface area contributed by atoms with Crippen LogP contribution in [0.3, 0.4) is 0 Å². The van der Waals surface area contributed by atoms with Crippen LogP contribution in [0.15, 0.2) is 53.4 Å². The lowest BCUT2D eigenvalue weighted by atomic mass is 9.71. The first kappa shape index (κ1) is 23.8. The maximum absolute atomic E-state index is 13.3. The molecule has 3 aliphatic rings. The van der Waals surface area contributed by atoms with Gasteiger partial charge in [-0.2, -0.15) is 0 Å². The average Bonchev–Trinajstić information content (AvgIpc) is 2.82. The van der Waals surface area contributed by atoms with Gasteiger partial charge in [0.1, 0.15) is 6.61 Å². The summed E-state index contributed by atoms with van der Waals surface area (Å²) < 4.78 is 11.6. The number of ketones is 2. The molecule has 180 valence electrons. The molecule has 1 heterocycles. The second kappa shape index (κ2) is 10.3. The number of nitrogens with zero attached hydrogens (tertiary/aromatic N) is 1. The molecule has 2 aliphatic carbocycles. The summed E-state index contributed by atoms with van der Waals surface area (Å²) in [5, 5.41) is 9.31. The molecule has 0 radical (unpaired) electrons. The van der Waals surface area contributed by atoms with Gasteiger partial charge in [0.2, 0.25) is 0 Å². The summed E-state index contributed by atoms with van der Waals surface area (Å²) in [6.45, 7) is 6.62. The van der Waals surface area contributed by atoms with Crippen molar-refractivity contribution in [2.45, 2.75) is 57.8 Å². The zero-order valence-electron chi connectivity index (χ0n) is 19.6. The van der Waals surface area contributed by atoms with Gasteiger partial charge in [0.05, 0.1) is 13.0 Å². The SMILES string of the molecule is C=CCOc1ccc(C2C3=C(CCCC3=O)N(CCC(=O)O)C3=C2C(=O)CCC3)cc1OCC. The van der Waals surface area contributed by atoms with Crippen LogP contribution >= 0.6 is 0 Å². The summed E-state index contributed by atoms with van der Waals surface area (Å²) in [5.74, 6) is -0.168. The van der Waals surface area contributed by atoms with E-state index in [2.05, 4.69) is 6.58 Å². The van der Waals surface area contributed by atoms with Crippen LogP contribution in [0.25, 0.3) is 0 Å². The minimum absolute atomic E-state index is 0.0291. The number of Topliss-reactive ketones (excluding diaryl/α,β-unsaturated/α-hetero) is 2.